The maximum atomic E-state index is 12.0. The average Bonchev–Trinajstić information content (AvgIpc) is 3.12. The van der Waals surface area contributed by atoms with Gasteiger partial charge < -0.3 is 10.1 Å². The third-order valence-corrected chi connectivity index (χ3v) is 4.80. The molecular weight excluding hydrogens is 296 g/mol. The lowest BCUT2D eigenvalue weighted by molar-refractivity contribution is -0.117. The molecule has 2 atom stereocenters. The summed E-state index contributed by atoms with van der Waals surface area (Å²) in [7, 11) is 0. The lowest BCUT2D eigenvalue weighted by Gasteiger charge is -2.04. The number of carbonyl (C=O) groups excluding carboxylic acids is 1. The molecule has 5 heteroatoms. The van der Waals surface area contributed by atoms with Crippen molar-refractivity contribution >= 4 is 22.4 Å². The highest BCUT2D eigenvalue weighted by Crippen LogP contribution is 2.39. The summed E-state index contributed by atoms with van der Waals surface area (Å²) < 4.78 is 5.45. The van der Waals surface area contributed by atoms with Gasteiger partial charge in [0, 0.05) is 16.4 Å². The summed E-state index contributed by atoms with van der Waals surface area (Å²) in [6.45, 7) is 6.75. The molecule has 0 bridgehead atoms. The molecule has 1 amide bonds. The van der Waals surface area contributed by atoms with Crippen molar-refractivity contribution in [2.24, 2.45) is 11.8 Å². The molecule has 1 N–H and O–H groups in total. The van der Waals surface area contributed by atoms with E-state index in [2.05, 4.69) is 17.2 Å². The Kier molecular flexibility index (Phi) is 4.16. The first-order chi connectivity index (χ1) is 10.6. The van der Waals surface area contributed by atoms with Gasteiger partial charge in [-0.3, -0.25) is 4.79 Å². The smallest absolute Gasteiger partial charge is 0.229 e. The van der Waals surface area contributed by atoms with Crippen LogP contribution in [0.4, 0.5) is 5.13 Å². The minimum absolute atomic E-state index is 0.0968. The molecule has 3 rings (SSSR count). The third-order valence-electron chi connectivity index (χ3n) is 3.91. The Morgan fingerprint density at radius 1 is 1.41 bits per heavy atom. The van der Waals surface area contributed by atoms with Gasteiger partial charge in [-0.1, -0.05) is 6.92 Å². The number of aryl methyl sites for hydroxylation is 1. The molecule has 0 radical (unpaired) electrons. The molecule has 1 fully saturated rings. The third kappa shape index (κ3) is 3.14. The van der Waals surface area contributed by atoms with Crippen molar-refractivity contribution < 1.29 is 9.53 Å². The summed E-state index contributed by atoms with van der Waals surface area (Å²) in [5, 5.41) is 3.63. The quantitative estimate of drug-likeness (QED) is 0.903. The molecule has 0 saturated heterocycles. The Morgan fingerprint density at radius 3 is 2.68 bits per heavy atom. The molecule has 1 saturated carbocycles. The number of thiazole rings is 1. The van der Waals surface area contributed by atoms with Crippen LogP contribution in [0.5, 0.6) is 5.75 Å². The largest absolute Gasteiger partial charge is 0.494 e. The number of benzene rings is 1. The number of hydrogen-bond acceptors (Lipinski definition) is 4. The summed E-state index contributed by atoms with van der Waals surface area (Å²) in [6.07, 6.45) is 0.988. The van der Waals surface area contributed by atoms with Crippen LogP contribution >= 0.6 is 11.3 Å². The number of nitrogens with one attached hydrogen (secondary N) is 1. The van der Waals surface area contributed by atoms with Gasteiger partial charge in [0.1, 0.15) is 5.75 Å². The highest BCUT2D eigenvalue weighted by atomic mass is 32.1. The molecule has 2 aromatic rings. The Bertz CT molecular complexity index is 678. The van der Waals surface area contributed by atoms with E-state index in [9.17, 15) is 4.79 Å². The van der Waals surface area contributed by atoms with E-state index in [1.54, 1.807) is 0 Å². The first kappa shape index (κ1) is 15.0. The number of carbonyl (C=O) groups is 1. The van der Waals surface area contributed by atoms with E-state index in [1.165, 1.54) is 11.3 Å². The zero-order valence-corrected chi connectivity index (χ0v) is 13.9. The van der Waals surface area contributed by atoms with Gasteiger partial charge in [-0.25, -0.2) is 4.98 Å². The van der Waals surface area contributed by atoms with Crippen molar-refractivity contribution in [1.29, 1.82) is 0 Å². The number of amides is 1. The van der Waals surface area contributed by atoms with Gasteiger partial charge in [-0.05, 0) is 50.5 Å². The fourth-order valence-electron chi connectivity index (χ4n) is 2.48. The van der Waals surface area contributed by atoms with Crippen molar-refractivity contribution in [2.45, 2.75) is 27.2 Å². The van der Waals surface area contributed by atoms with Gasteiger partial charge in [0.25, 0.3) is 0 Å². The van der Waals surface area contributed by atoms with Crippen LogP contribution < -0.4 is 10.1 Å². The number of rotatable bonds is 5. The number of hydrogen-bond donors (Lipinski definition) is 1. The normalized spacial score (nSPS) is 19.8. The summed E-state index contributed by atoms with van der Waals surface area (Å²) in [6, 6.07) is 7.90. The van der Waals surface area contributed by atoms with E-state index in [0.29, 0.717) is 17.7 Å². The van der Waals surface area contributed by atoms with E-state index >= 15 is 0 Å². The predicted octanol–water partition coefficient (Wildman–Crippen LogP) is 4.11. The van der Waals surface area contributed by atoms with Crippen molar-refractivity contribution in [3.8, 4) is 17.0 Å². The lowest BCUT2D eigenvalue weighted by atomic mass is 10.1. The first-order valence-electron chi connectivity index (χ1n) is 7.60. The van der Waals surface area contributed by atoms with Crippen LogP contribution in [0.3, 0.4) is 0 Å². The van der Waals surface area contributed by atoms with Crippen LogP contribution in [0.15, 0.2) is 24.3 Å². The van der Waals surface area contributed by atoms with Crippen LogP contribution in [0.2, 0.25) is 0 Å². The highest BCUT2D eigenvalue weighted by Gasteiger charge is 2.39. The standard InChI is InChI=1S/C17H20N2O2S/c1-4-21-13-7-5-12(6-8-13)15-11(3)22-17(18-15)19-16(20)14-9-10(14)2/h5-8,10,14H,4,9H2,1-3H3,(H,18,19,20)/t10-,14+/m1/s1. The molecule has 1 aromatic heterocycles. The van der Waals surface area contributed by atoms with E-state index < -0.39 is 0 Å². The molecule has 0 aliphatic heterocycles. The Labute approximate surface area is 134 Å². The fraction of sp³-hybridized carbons (Fsp3) is 0.412. The average molecular weight is 316 g/mol. The fourth-order valence-corrected chi connectivity index (χ4v) is 3.32. The number of nitrogens with zero attached hydrogens (tertiary/aromatic N) is 1. The molecule has 1 heterocycles. The van der Waals surface area contributed by atoms with E-state index in [1.807, 2.05) is 38.1 Å². The summed E-state index contributed by atoms with van der Waals surface area (Å²) in [4.78, 5) is 17.7. The Morgan fingerprint density at radius 2 is 2.09 bits per heavy atom. The predicted molar refractivity (Wildman–Crippen MR) is 89.4 cm³/mol. The molecular formula is C17H20N2O2S. The molecule has 1 aliphatic rings. The number of anilines is 1. The topological polar surface area (TPSA) is 51.2 Å². The van der Waals surface area contributed by atoms with Crippen molar-refractivity contribution in [2.75, 3.05) is 11.9 Å². The van der Waals surface area contributed by atoms with Crippen LogP contribution in [-0.2, 0) is 4.79 Å². The second-order valence-corrected chi connectivity index (χ2v) is 6.89. The van der Waals surface area contributed by atoms with Crippen LogP contribution in [0.25, 0.3) is 11.3 Å². The summed E-state index contributed by atoms with van der Waals surface area (Å²) in [5.41, 5.74) is 1.96. The monoisotopic (exact) mass is 316 g/mol. The van der Waals surface area contributed by atoms with Gasteiger partial charge in [0.15, 0.2) is 5.13 Å². The number of ether oxygens (including phenoxy) is 1. The molecule has 22 heavy (non-hydrogen) atoms. The summed E-state index contributed by atoms with van der Waals surface area (Å²) in [5.74, 6) is 1.62. The molecule has 0 unspecified atom stereocenters. The van der Waals surface area contributed by atoms with Crippen molar-refractivity contribution in [3.05, 3.63) is 29.1 Å². The van der Waals surface area contributed by atoms with Gasteiger partial charge in [-0.2, -0.15) is 0 Å². The van der Waals surface area contributed by atoms with E-state index in [-0.39, 0.29) is 11.8 Å². The maximum absolute atomic E-state index is 12.0. The van der Waals surface area contributed by atoms with Crippen molar-refractivity contribution in [1.82, 2.24) is 4.98 Å². The van der Waals surface area contributed by atoms with E-state index in [4.69, 9.17) is 4.74 Å². The Hall–Kier alpha value is -1.88. The zero-order valence-electron chi connectivity index (χ0n) is 13.1. The molecule has 1 aromatic carbocycles. The number of aromatic nitrogens is 1. The zero-order chi connectivity index (χ0) is 15.7. The molecule has 1 aliphatic carbocycles. The van der Waals surface area contributed by atoms with Crippen molar-refractivity contribution in [3.63, 3.8) is 0 Å². The SMILES string of the molecule is CCOc1ccc(-c2nc(NC(=O)[C@H]3C[C@H]3C)sc2C)cc1. The Balaban J connectivity index is 1.75. The van der Waals surface area contributed by atoms with Gasteiger partial charge >= 0.3 is 0 Å². The minimum Gasteiger partial charge on any atom is -0.494 e. The lowest BCUT2D eigenvalue weighted by Crippen LogP contribution is -2.14. The van der Waals surface area contributed by atoms with E-state index in [0.717, 1.165) is 28.3 Å². The highest BCUT2D eigenvalue weighted by molar-refractivity contribution is 7.16. The first-order valence-corrected chi connectivity index (χ1v) is 8.41. The van der Waals surface area contributed by atoms with Gasteiger partial charge in [-0.15, -0.1) is 11.3 Å². The summed E-state index contributed by atoms with van der Waals surface area (Å²) >= 11 is 1.52. The minimum atomic E-state index is 0.0968. The molecule has 116 valence electrons. The van der Waals surface area contributed by atoms with Crippen LogP contribution in [-0.4, -0.2) is 17.5 Å². The van der Waals surface area contributed by atoms with Gasteiger partial charge in [0.05, 0.1) is 12.3 Å². The molecule has 4 nitrogen and oxygen atoms in total. The second kappa shape index (κ2) is 6.08. The van der Waals surface area contributed by atoms with Crippen LogP contribution in [0.1, 0.15) is 25.1 Å². The van der Waals surface area contributed by atoms with Crippen LogP contribution in [0, 0.1) is 18.8 Å². The molecule has 0 spiro atoms. The second-order valence-electron chi connectivity index (χ2n) is 5.69. The van der Waals surface area contributed by atoms with Gasteiger partial charge in [0.2, 0.25) is 5.91 Å². The maximum Gasteiger partial charge on any atom is 0.229 e.